The Balaban J connectivity index is 2.30. The lowest BCUT2D eigenvalue weighted by Crippen LogP contribution is -2.42. The maximum atomic E-state index is 10.2. The van der Waals surface area contributed by atoms with E-state index in [1.165, 1.54) is 5.01 Å². The van der Waals surface area contributed by atoms with E-state index in [0.717, 1.165) is 11.3 Å². The molecule has 3 nitrogen and oxygen atoms in total. The van der Waals surface area contributed by atoms with E-state index in [9.17, 15) is 5.11 Å². The second-order valence-corrected chi connectivity index (χ2v) is 4.60. The van der Waals surface area contributed by atoms with E-state index in [1.54, 1.807) is 6.92 Å². The molecule has 1 aromatic rings. The first-order valence-electron chi connectivity index (χ1n) is 5.17. The quantitative estimate of drug-likeness (QED) is 0.756. The molecule has 0 amide bonds. The van der Waals surface area contributed by atoms with Gasteiger partial charge in [-0.05, 0) is 13.8 Å². The van der Waals surface area contributed by atoms with Gasteiger partial charge in [-0.25, -0.2) is 5.01 Å². The molecule has 0 saturated carbocycles. The average Bonchev–Trinajstić information content (AvgIpc) is 2.52. The lowest BCUT2D eigenvalue weighted by molar-refractivity contribution is -0.0311. The number of thiocarbonyl (C=S) groups is 1. The molecular formula is C12H14N2OS. The Bertz CT molecular complexity index is 440. The monoisotopic (exact) mass is 234 g/mol. The molecule has 1 aliphatic heterocycles. The molecule has 1 aliphatic rings. The lowest BCUT2D eigenvalue weighted by Gasteiger charge is -2.29. The van der Waals surface area contributed by atoms with Gasteiger partial charge in [0.2, 0.25) is 0 Å². The van der Waals surface area contributed by atoms with Crippen LogP contribution in [-0.4, -0.2) is 26.5 Å². The van der Waals surface area contributed by atoms with Crippen molar-refractivity contribution in [2.24, 2.45) is 5.10 Å². The van der Waals surface area contributed by atoms with Crippen LogP contribution in [-0.2, 0) is 0 Å². The van der Waals surface area contributed by atoms with Crippen LogP contribution in [0.3, 0.4) is 0 Å². The molecule has 0 spiro atoms. The van der Waals surface area contributed by atoms with E-state index in [2.05, 4.69) is 5.10 Å². The van der Waals surface area contributed by atoms with Gasteiger partial charge in [0.15, 0.2) is 5.72 Å². The van der Waals surface area contributed by atoms with Crippen molar-refractivity contribution in [2.45, 2.75) is 26.0 Å². The summed E-state index contributed by atoms with van der Waals surface area (Å²) in [5.41, 5.74) is 0.788. The van der Waals surface area contributed by atoms with Crippen molar-refractivity contribution in [3.05, 3.63) is 35.9 Å². The Kier molecular flexibility index (Phi) is 2.78. The van der Waals surface area contributed by atoms with Gasteiger partial charge in [0, 0.05) is 17.7 Å². The van der Waals surface area contributed by atoms with Gasteiger partial charge in [-0.15, -0.1) is 0 Å². The molecule has 0 aromatic heterocycles. The SMILES string of the molecule is CC1=NN(C(=S)c2ccccc2)[C@@](C)(O)C1. The minimum atomic E-state index is -1.00. The van der Waals surface area contributed by atoms with Gasteiger partial charge in [-0.1, -0.05) is 42.5 Å². The Hall–Kier alpha value is -1.26. The second kappa shape index (κ2) is 3.96. The van der Waals surface area contributed by atoms with Crippen LogP contribution in [0.25, 0.3) is 0 Å². The third-order valence-electron chi connectivity index (χ3n) is 2.53. The maximum absolute atomic E-state index is 10.2. The Morgan fingerprint density at radius 2 is 2.06 bits per heavy atom. The highest BCUT2D eigenvalue weighted by atomic mass is 32.1. The number of rotatable bonds is 1. The Morgan fingerprint density at radius 1 is 1.44 bits per heavy atom. The van der Waals surface area contributed by atoms with Crippen molar-refractivity contribution in [3.8, 4) is 0 Å². The average molecular weight is 234 g/mol. The molecule has 0 saturated heterocycles. The summed E-state index contributed by atoms with van der Waals surface area (Å²) in [6.07, 6.45) is 0.528. The molecule has 16 heavy (non-hydrogen) atoms. The summed E-state index contributed by atoms with van der Waals surface area (Å²) in [6.45, 7) is 3.62. The smallest absolute Gasteiger partial charge is 0.161 e. The molecule has 2 rings (SSSR count). The second-order valence-electron chi connectivity index (χ2n) is 4.21. The molecule has 4 heteroatoms. The van der Waals surface area contributed by atoms with Gasteiger partial charge in [-0.3, -0.25) is 0 Å². The summed E-state index contributed by atoms with van der Waals surface area (Å²) in [7, 11) is 0. The third-order valence-corrected chi connectivity index (χ3v) is 2.94. The van der Waals surface area contributed by atoms with Crippen molar-refractivity contribution in [2.75, 3.05) is 0 Å². The molecule has 1 N–H and O–H groups in total. The number of hydrazone groups is 1. The Labute approximate surface area is 100 Å². The molecule has 0 aliphatic carbocycles. The van der Waals surface area contributed by atoms with Crippen LogP contribution in [0.4, 0.5) is 0 Å². The summed E-state index contributed by atoms with van der Waals surface area (Å²) >= 11 is 5.34. The van der Waals surface area contributed by atoms with E-state index in [-0.39, 0.29) is 0 Å². The van der Waals surface area contributed by atoms with Gasteiger partial charge in [-0.2, -0.15) is 5.10 Å². The molecule has 1 heterocycles. The van der Waals surface area contributed by atoms with Crippen LogP contribution in [0.15, 0.2) is 35.4 Å². The zero-order valence-electron chi connectivity index (χ0n) is 9.34. The third kappa shape index (κ3) is 1.99. The number of nitrogens with zero attached hydrogens (tertiary/aromatic N) is 2. The van der Waals surface area contributed by atoms with E-state index in [4.69, 9.17) is 12.2 Å². The fraction of sp³-hybridized carbons (Fsp3) is 0.333. The summed E-state index contributed by atoms with van der Waals surface area (Å²) in [6, 6.07) is 9.61. The fourth-order valence-electron chi connectivity index (χ4n) is 1.84. The fourth-order valence-corrected chi connectivity index (χ4v) is 2.21. The van der Waals surface area contributed by atoms with Crippen LogP contribution in [0, 0.1) is 0 Å². The normalized spacial score (nSPS) is 24.4. The predicted octanol–water partition coefficient (Wildman–Crippen LogP) is 2.15. The summed E-state index contributed by atoms with van der Waals surface area (Å²) in [5.74, 6) is 0. The summed E-state index contributed by atoms with van der Waals surface area (Å²) < 4.78 is 0. The largest absolute Gasteiger partial charge is 0.369 e. The van der Waals surface area contributed by atoms with Crippen LogP contribution in [0.5, 0.6) is 0 Å². The first-order valence-corrected chi connectivity index (χ1v) is 5.57. The minimum Gasteiger partial charge on any atom is -0.369 e. The highest BCUT2D eigenvalue weighted by Crippen LogP contribution is 2.26. The molecule has 0 unspecified atom stereocenters. The first kappa shape index (κ1) is 11.2. The van der Waals surface area contributed by atoms with Gasteiger partial charge in [0.05, 0.1) is 0 Å². The van der Waals surface area contributed by atoms with Crippen LogP contribution in [0.1, 0.15) is 25.8 Å². The predicted molar refractivity (Wildman–Crippen MR) is 68.3 cm³/mol. The molecular weight excluding hydrogens is 220 g/mol. The number of hydrogen-bond donors (Lipinski definition) is 1. The van der Waals surface area contributed by atoms with Crippen molar-refractivity contribution < 1.29 is 5.11 Å². The lowest BCUT2D eigenvalue weighted by atomic mass is 10.1. The van der Waals surface area contributed by atoms with Crippen molar-refractivity contribution >= 4 is 22.9 Å². The van der Waals surface area contributed by atoms with E-state index >= 15 is 0 Å². The number of hydrogen-bond acceptors (Lipinski definition) is 3. The molecule has 1 atom stereocenters. The van der Waals surface area contributed by atoms with Gasteiger partial charge < -0.3 is 5.11 Å². The van der Waals surface area contributed by atoms with Gasteiger partial charge in [0.1, 0.15) is 4.99 Å². The molecule has 1 aromatic carbocycles. The number of aliphatic hydroxyl groups is 1. The summed E-state index contributed by atoms with van der Waals surface area (Å²) in [4.78, 5) is 0.558. The zero-order chi connectivity index (χ0) is 11.8. The first-order chi connectivity index (χ1) is 7.50. The van der Waals surface area contributed by atoms with E-state index < -0.39 is 5.72 Å². The molecule has 0 radical (unpaired) electrons. The van der Waals surface area contributed by atoms with Crippen LogP contribution < -0.4 is 0 Å². The highest BCUT2D eigenvalue weighted by Gasteiger charge is 2.37. The molecule has 0 fully saturated rings. The summed E-state index contributed by atoms with van der Waals surface area (Å²) in [5, 5.41) is 16.0. The topological polar surface area (TPSA) is 35.8 Å². The van der Waals surface area contributed by atoms with Crippen molar-refractivity contribution in [1.29, 1.82) is 0 Å². The van der Waals surface area contributed by atoms with Crippen molar-refractivity contribution in [1.82, 2.24) is 5.01 Å². The van der Waals surface area contributed by atoms with E-state index in [0.29, 0.717) is 11.4 Å². The van der Waals surface area contributed by atoms with Gasteiger partial charge >= 0.3 is 0 Å². The minimum absolute atomic E-state index is 0.528. The molecule has 84 valence electrons. The maximum Gasteiger partial charge on any atom is 0.161 e. The van der Waals surface area contributed by atoms with Crippen LogP contribution in [0.2, 0.25) is 0 Å². The Morgan fingerprint density at radius 3 is 2.56 bits per heavy atom. The zero-order valence-corrected chi connectivity index (χ0v) is 10.2. The van der Waals surface area contributed by atoms with Gasteiger partial charge in [0.25, 0.3) is 0 Å². The van der Waals surface area contributed by atoms with Crippen LogP contribution >= 0.6 is 12.2 Å². The van der Waals surface area contributed by atoms with E-state index in [1.807, 2.05) is 37.3 Å². The highest BCUT2D eigenvalue weighted by molar-refractivity contribution is 7.80. The standard InChI is InChI=1S/C12H14N2OS/c1-9-8-12(2,15)14(13-9)11(16)10-6-4-3-5-7-10/h3-7,15H,8H2,1-2H3/t12-/m0/s1. The number of benzene rings is 1. The van der Waals surface area contributed by atoms with Crippen molar-refractivity contribution in [3.63, 3.8) is 0 Å². The molecule has 0 bridgehead atoms.